The lowest BCUT2D eigenvalue weighted by Crippen LogP contribution is -2.38. The highest BCUT2D eigenvalue weighted by Crippen LogP contribution is 2.18. The van der Waals surface area contributed by atoms with E-state index in [0.717, 1.165) is 17.5 Å². The second-order valence-electron chi connectivity index (χ2n) is 6.82. The fourth-order valence-electron chi connectivity index (χ4n) is 3.27. The van der Waals surface area contributed by atoms with Gasteiger partial charge < -0.3 is 9.80 Å². The third kappa shape index (κ3) is 4.95. The van der Waals surface area contributed by atoms with Crippen LogP contribution in [-0.2, 0) is 11.2 Å². The number of amides is 2. The van der Waals surface area contributed by atoms with Gasteiger partial charge in [0.15, 0.2) is 0 Å². The van der Waals surface area contributed by atoms with Crippen LogP contribution in [0.2, 0.25) is 0 Å². The summed E-state index contributed by atoms with van der Waals surface area (Å²) in [5.74, 6) is -0.333. The molecule has 0 N–H and O–H groups in total. The minimum absolute atomic E-state index is 0.00152. The van der Waals surface area contributed by atoms with E-state index >= 15 is 0 Å². The van der Waals surface area contributed by atoms with E-state index in [1.54, 1.807) is 17.0 Å². The number of halogens is 2. The second-order valence-corrected chi connectivity index (χ2v) is 7.68. The van der Waals surface area contributed by atoms with Crippen LogP contribution < -0.4 is 0 Å². The number of rotatable bonds is 3. The minimum Gasteiger partial charge on any atom is -0.341 e. The summed E-state index contributed by atoms with van der Waals surface area (Å²) >= 11 is 3.15. The molecule has 0 radical (unpaired) electrons. The van der Waals surface area contributed by atoms with Gasteiger partial charge in [0, 0.05) is 31.7 Å². The van der Waals surface area contributed by atoms with Crippen molar-refractivity contribution in [2.45, 2.75) is 19.8 Å². The summed E-state index contributed by atoms with van der Waals surface area (Å²) in [6.45, 7) is 4.26. The van der Waals surface area contributed by atoms with Gasteiger partial charge in [-0.2, -0.15) is 0 Å². The average molecular weight is 433 g/mol. The normalized spacial score (nSPS) is 14.8. The van der Waals surface area contributed by atoms with Crippen LogP contribution in [0.15, 0.2) is 46.9 Å². The van der Waals surface area contributed by atoms with Gasteiger partial charge in [-0.1, -0.05) is 23.8 Å². The summed E-state index contributed by atoms with van der Waals surface area (Å²) in [5, 5.41) is 0. The van der Waals surface area contributed by atoms with Gasteiger partial charge in [0.05, 0.1) is 10.9 Å². The van der Waals surface area contributed by atoms with Crippen LogP contribution in [0, 0.1) is 12.7 Å². The van der Waals surface area contributed by atoms with Crippen molar-refractivity contribution in [1.29, 1.82) is 0 Å². The number of hydrogen-bond donors (Lipinski definition) is 0. The number of carbonyl (C=O) groups excluding carboxylic acids is 2. The Hall–Kier alpha value is -2.21. The van der Waals surface area contributed by atoms with Crippen LogP contribution >= 0.6 is 15.9 Å². The smallest absolute Gasteiger partial charge is 0.253 e. The summed E-state index contributed by atoms with van der Waals surface area (Å²) in [5.41, 5.74) is 2.51. The zero-order valence-electron chi connectivity index (χ0n) is 15.3. The number of aryl methyl sites for hydroxylation is 1. The van der Waals surface area contributed by atoms with Crippen molar-refractivity contribution in [3.8, 4) is 0 Å². The summed E-state index contributed by atoms with van der Waals surface area (Å²) in [4.78, 5) is 29.0. The third-order valence-electron chi connectivity index (χ3n) is 4.74. The SMILES string of the molecule is Cc1cccc(C(=O)N2CCCN(C(=O)Cc3ccc(F)c(Br)c3)CC2)c1. The molecule has 0 atom stereocenters. The van der Waals surface area contributed by atoms with Gasteiger partial charge >= 0.3 is 0 Å². The Morgan fingerprint density at radius 1 is 1.04 bits per heavy atom. The minimum atomic E-state index is -0.341. The quantitative estimate of drug-likeness (QED) is 0.739. The maximum atomic E-state index is 13.3. The lowest BCUT2D eigenvalue weighted by atomic mass is 10.1. The maximum Gasteiger partial charge on any atom is 0.253 e. The zero-order valence-corrected chi connectivity index (χ0v) is 16.8. The molecule has 1 aliphatic rings. The second kappa shape index (κ2) is 8.65. The molecule has 1 saturated heterocycles. The highest BCUT2D eigenvalue weighted by atomic mass is 79.9. The topological polar surface area (TPSA) is 40.6 Å². The van der Waals surface area contributed by atoms with Gasteiger partial charge in [-0.25, -0.2) is 4.39 Å². The van der Waals surface area contributed by atoms with Crippen molar-refractivity contribution in [2.24, 2.45) is 0 Å². The van der Waals surface area contributed by atoms with E-state index in [0.29, 0.717) is 36.2 Å². The van der Waals surface area contributed by atoms with Crippen molar-refractivity contribution >= 4 is 27.7 Å². The Labute approximate surface area is 167 Å². The van der Waals surface area contributed by atoms with Crippen LogP contribution in [0.5, 0.6) is 0 Å². The molecule has 0 unspecified atom stereocenters. The third-order valence-corrected chi connectivity index (χ3v) is 5.35. The van der Waals surface area contributed by atoms with Crippen LogP contribution in [0.1, 0.15) is 27.9 Å². The summed E-state index contributed by atoms with van der Waals surface area (Å²) in [6, 6.07) is 12.2. The molecule has 0 aromatic heterocycles. The molecule has 3 rings (SSSR count). The lowest BCUT2D eigenvalue weighted by molar-refractivity contribution is -0.130. The Kier molecular flexibility index (Phi) is 6.26. The molecule has 0 bridgehead atoms. The standard InChI is InChI=1S/C21H22BrFN2O2/c1-15-4-2-5-17(12-15)21(27)25-9-3-8-24(10-11-25)20(26)14-16-6-7-19(23)18(22)13-16/h2,4-7,12-13H,3,8-11,14H2,1H3. The zero-order chi connectivity index (χ0) is 19.4. The first-order valence-electron chi connectivity index (χ1n) is 9.01. The molecule has 2 amide bonds. The van der Waals surface area contributed by atoms with E-state index in [4.69, 9.17) is 0 Å². The highest BCUT2D eigenvalue weighted by Gasteiger charge is 2.23. The van der Waals surface area contributed by atoms with E-state index in [-0.39, 0.29) is 24.1 Å². The van der Waals surface area contributed by atoms with Crippen molar-refractivity contribution in [1.82, 2.24) is 9.80 Å². The average Bonchev–Trinajstić information content (AvgIpc) is 2.90. The van der Waals surface area contributed by atoms with Crippen LogP contribution in [0.3, 0.4) is 0 Å². The van der Waals surface area contributed by atoms with E-state index in [1.807, 2.05) is 36.1 Å². The van der Waals surface area contributed by atoms with Crippen molar-refractivity contribution < 1.29 is 14.0 Å². The Balaban J connectivity index is 1.61. The van der Waals surface area contributed by atoms with Crippen molar-refractivity contribution in [3.05, 3.63) is 69.4 Å². The van der Waals surface area contributed by atoms with E-state index in [2.05, 4.69) is 15.9 Å². The molecule has 1 aliphatic heterocycles. The fourth-order valence-corrected chi connectivity index (χ4v) is 3.69. The number of nitrogens with zero attached hydrogens (tertiary/aromatic N) is 2. The largest absolute Gasteiger partial charge is 0.341 e. The summed E-state index contributed by atoms with van der Waals surface area (Å²) in [6.07, 6.45) is 0.973. The molecule has 1 heterocycles. The van der Waals surface area contributed by atoms with Gasteiger partial charge in [0.25, 0.3) is 5.91 Å². The lowest BCUT2D eigenvalue weighted by Gasteiger charge is -2.22. The molecule has 6 heteroatoms. The van der Waals surface area contributed by atoms with Crippen LogP contribution in [-0.4, -0.2) is 47.8 Å². The Morgan fingerprint density at radius 2 is 1.78 bits per heavy atom. The fraction of sp³-hybridized carbons (Fsp3) is 0.333. The molecule has 0 saturated carbocycles. The monoisotopic (exact) mass is 432 g/mol. The molecule has 1 fully saturated rings. The predicted molar refractivity (Wildman–Crippen MR) is 106 cm³/mol. The number of carbonyl (C=O) groups is 2. The number of hydrogen-bond acceptors (Lipinski definition) is 2. The van der Waals surface area contributed by atoms with E-state index in [1.165, 1.54) is 6.07 Å². The Bertz CT molecular complexity index is 856. The van der Waals surface area contributed by atoms with E-state index in [9.17, 15) is 14.0 Å². The van der Waals surface area contributed by atoms with Crippen molar-refractivity contribution in [2.75, 3.05) is 26.2 Å². The highest BCUT2D eigenvalue weighted by molar-refractivity contribution is 9.10. The Morgan fingerprint density at radius 3 is 2.52 bits per heavy atom. The molecule has 2 aromatic rings. The first kappa shape index (κ1) is 19.5. The van der Waals surface area contributed by atoms with Gasteiger partial charge in [-0.05, 0) is 59.1 Å². The van der Waals surface area contributed by atoms with Gasteiger partial charge in [0.1, 0.15) is 5.82 Å². The maximum absolute atomic E-state index is 13.3. The molecule has 4 nitrogen and oxygen atoms in total. The van der Waals surface area contributed by atoms with E-state index < -0.39 is 0 Å². The molecule has 142 valence electrons. The summed E-state index contributed by atoms with van der Waals surface area (Å²) in [7, 11) is 0. The molecule has 0 spiro atoms. The van der Waals surface area contributed by atoms with Crippen molar-refractivity contribution in [3.63, 3.8) is 0 Å². The molecule has 27 heavy (non-hydrogen) atoms. The van der Waals surface area contributed by atoms with Gasteiger partial charge in [-0.15, -0.1) is 0 Å². The summed E-state index contributed by atoms with van der Waals surface area (Å²) < 4.78 is 13.7. The molecule has 2 aromatic carbocycles. The van der Waals surface area contributed by atoms with Crippen LogP contribution in [0.4, 0.5) is 4.39 Å². The van der Waals surface area contributed by atoms with Gasteiger partial charge in [-0.3, -0.25) is 9.59 Å². The molecule has 0 aliphatic carbocycles. The molecular weight excluding hydrogens is 411 g/mol. The van der Waals surface area contributed by atoms with Crippen LogP contribution in [0.25, 0.3) is 0 Å². The molecular formula is C21H22BrFN2O2. The van der Waals surface area contributed by atoms with Gasteiger partial charge in [0.2, 0.25) is 5.91 Å². The number of benzene rings is 2. The first-order chi connectivity index (χ1) is 12.9. The first-order valence-corrected chi connectivity index (χ1v) is 9.81. The predicted octanol–water partition coefficient (Wildman–Crippen LogP) is 3.81.